The highest BCUT2D eigenvalue weighted by Crippen LogP contribution is 2.09. The third kappa shape index (κ3) is 6.44. The first kappa shape index (κ1) is 15.3. The zero-order valence-electron chi connectivity index (χ0n) is 11.2. The lowest BCUT2D eigenvalue weighted by atomic mass is 10.1. The maximum Gasteiger partial charge on any atom is 0.0218 e. The molecule has 0 aromatic carbocycles. The van der Waals surface area contributed by atoms with E-state index < -0.39 is 0 Å². The molecule has 0 saturated heterocycles. The van der Waals surface area contributed by atoms with Crippen molar-refractivity contribution in [3.05, 3.63) is 0 Å². The Morgan fingerprint density at radius 2 is 1.87 bits per heavy atom. The fraction of sp³-hybridized carbons (Fsp3) is 1.00. The van der Waals surface area contributed by atoms with E-state index in [2.05, 4.69) is 51.2 Å². The van der Waals surface area contributed by atoms with E-state index in [1.54, 1.807) is 0 Å². The Morgan fingerprint density at radius 3 is 2.27 bits per heavy atom. The molecular formula is C12H28N2S. The first-order valence-corrected chi connectivity index (χ1v) is 7.36. The molecular weight excluding hydrogens is 204 g/mol. The Hall–Kier alpha value is 0.270. The summed E-state index contributed by atoms with van der Waals surface area (Å²) in [7, 11) is 2.25. The van der Waals surface area contributed by atoms with Crippen molar-refractivity contribution in [3.8, 4) is 0 Å². The zero-order valence-corrected chi connectivity index (χ0v) is 12.0. The third-order valence-electron chi connectivity index (χ3n) is 2.91. The smallest absolute Gasteiger partial charge is 0.0218 e. The van der Waals surface area contributed by atoms with Crippen LogP contribution in [-0.4, -0.2) is 48.6 Å². The van der Waals surface area contributed by atoms with Crippen LogP contribution in [0, 0.1) is 0 Å². The number of hydrogen-bond donors (Lipinski definition) is 1. The second-order valence-electron chi connectivity index (χ2n) is 4.59. The molecule has 0 aromatic rings. The summed E-state index contributed by atoms with van der Waals surface area (Å²) in [5.41, 5.74) is 0. The Balaban J connectivity index is 4.02. The highest BCUT2D eigenvalue weighted by atomic mass is 32.2. The van der Waals surface area contributed by atoms with E-state index in [1.165, 1.54) is 12.2 Å². The van der Waals surface area contributed by atoms with Gasteiger partial charge in [0.15, 0.2) is 0 Å². The van der Waals surface area contributed by atoms with Crippen molar-refractivity contribution in [3.63, 3.8) is 0 Å². The average Bonchev–Trinajstić information content (AvgIpc) is 2.18. The minimum absolute atomic E-state index is 0.586. The van der Waals surface area contributed by atoms with Gasteiger partial charge in [-0.3, -0.25) is 4.90 Å². The summed E-state index contributed by atoms with van der Waals surface area (Å²) >= 11 is 1.93. The number of nitrogens with zero attached hydrogens (tertiary/aromatic N) is 1. The molecule has 0 aromatic heterocycles. The van der Waals surface area contributed by atoms with Gasteiger partial charge >= 0.3 is 0 Å². The number of nitrogens with one attached hydrogen (secondary N) is 1. The highest BCUT2D eigenvalue weighted by Gasteiger charge is 2.17. The molecule has 0 aliphatic heterocycles. The van der Waals surface area contributed by atoms with Gasteiger partial charge in [0, 0.05) is 30.4 Å². The number of likely N-dealkylation sites (N-methyl/N-ethyl adjacent to an activating group) is 1. The van der Waals surface area contributed by atoms with Gasteiger partial charge in [-0.15, -0.1) is 0 Å². The average molecular weight is 232 g/mol. The molecule has 0 rings (SSSR count). The minimum atomic E-state index is 0.586. The van der Waals surface area contributed by atoms with E-state index >= 15 is 0 Å². The largest absolute Gasteiger partial charge is 0.313 e. The summed E-state index contributed by atoms with van der Waals surface area (Å²) < 4.78 is 0. The normalized spacial score (nSPS) is 16.0. The number of rotatable bonds is 8. The van der Waals surface area contributed by atoms with Gasteiger partial charge in [-0.2, -0.15) is 11.8 Å². The number of thioether (sulfide) groups is 1. The van der Waals surface area contributed by atoms with Gasteiger partial charge in [0.05, 0.1) is 0 Å². The fourth-order valence-electron chi connectivity index (χ4n) is 1.67. The summed E-state index contributed by atoms with van der Waals surface area (Å²) in [5, 5.41) is 3.53. The summed E-state index contributed by atoms with van der Waals surface area (Å²) in [6.07, 6.45) is 3.40. The molecule has 92 valence electrons. The number of hydrogen-bond acceptors (Lipinski definition) is 3. The van der Waals surface area contributed by atoms with E-state index in [0.29, 0.717) is 18.1 Å². The molecule has 0 fully saturated rings. The van der Waals surface area contributed by atoms with E-state index in [4.69, 9.17) is 0 Å². The van der Waals surface area contributed by atoms with Crippen LogP contribution in [0.1, 0.15) is 34.1 Å². The van der Waals surface area contributed by atoms with Crippen LogP contribution in [0.2, 0.25) is 0 Å². The van der Waals surface area contributed by atoms with Crippen molar-refractivity contribution in [2.45, 2.75) is 52.2 Å². The van der Waals surface area contributed by atoms with Crippen molar-refractivity contribution in [1.82, 2.24) is 10.2 Å². The van der Waals surface area contributed by atoms with E-state index in [0.717, 1.165) is 6.54 Å². The molecule has 15 heavy (non-hydrogen) atoms. The van der Waals surface area contributed by atoms with Crippen LogP contribution < -0.4 is 5.32 Å². The van der Waals surface area contributed by atoms with Gasteiger partial charge in [0.2, 0.25) is 0 Å². The molecule has 0 aliphatic rings. The van der Waals surface area contributed by atoms with Crippen LogP contribution in [0.25, 0.3) is 0 Å². The van der Waals surface area contributed by atoms with E-state index in [1.807, 2.05) is 11.8 Å². The SMILES string of the molecule is CCC(CNC(C)C)N(C)C(C)CSC. The lowest BCUT2D eigenvalue weighted by Gasteiger charge is -2.33. The van der Waals surface area contributed by atoms with Crippen molar-refractivity contribution in [2.24, 2.45) is 0 Å². The fourth-order valence-corrected chi connectivity index (χ4v) is 2.38. The Bertz CT molecular complexity index is 151. The van der Waals surface area contributed by atoms with Crippen molar-refractivity contribution in [2.75, 3.05) is 25.6 Å². The van der Waals surface area contributed by atoms with Crippen molar-refractivity contribution < 1.29 is 0 Å². The van der Waals surface area contributed by atoms with Crippen LogP contribution in [0.3, 0.4) is 0 Å². The molecule has 0 saturated carbocycles. The maximum atomic E-state index is 3.53. The second kappa shape index (κ2) is 8.43. The molecule has 3 heteroatoms. The van der Waals surface area contributed by atoms with Crippen LogP contribution >= 0.6 is 11.8 Å². The summed E-state index contributed by atoms with van der Waals surface area (Å²) in [4.78, 5) is 2.51. The van der Waals surface area contributed by atoms with Crippen LogP contribution in [-0.2, 0) is 0 Å². The predicted molar refractivity (Wildman–Crippen MR) is 72.8 cm³/mol. The Morgan fingerprint density at radius 1 is 1.27 bits per heavy atom. The monoisotopic (exact) mass is 232 g/mol. The minimum Gasteiger partial charge on any atom is -0.313 e. The van der Waals surface area contributed by atoms with Crippen LogP contribution in [0.5, 0.6) is 0 Å². The molecule has 0 amide bonds. The first-order chi connectivity index (χ1) is 7.02. The molecule has 1 N–H and O–H groups in total. The van der Waals surface area contributed by atoms with E-state index in [-0.39, 0.29) is 0 Å². The summed E-state index contributed by atoms with van der Waals surface area (Å²) in [6, 6.07) is 1.91. The topological polar surface area (TPSA) is 15.3 Å². The lowest BCUT2D eigenvalue weighted by molar-refractivity contribution is 0.186. The second-order valence-corrected chi connectivity index (χ2v) is 5.51. The van der Waals surface area contributed by atoms with Gasteiger partial charge in [-0.1, -0.05) is 20.8 Å². The molecule has 2 atom stereocenters. The molecule has 2 unspecified atom stereocenters. The molecule has 0 bridgehead atoms. The molecule has 0 radical (unpaired) electrons. The van der Waals surface area contributed by atoms with Crippen molar-refractivity contribution >= 4 is 11.8 Å². The molecule has 0 aliphatic carbocycles. The van der Waals surface area contributed by atoms with Gasteiger partial charge in [0.25, 0.3) is 0 Å². The molecule has 0 spiro atoms. The van der Waals surface area contributed by atoms with Gasteiger partial charge < -0.3 is 5.32 Å². The highest BCUT2D eigenvalue weighted by molar-refractivity contribution is 7.98. The first-order valence-electron chi connectivity index (χ1n) is 5.97. The van der Waals surface area contributed by atoms with Gasteiger partial charge in [-0.25, -0.2) is 0 Å². The predicted octanol–water partition coefficient (Wildman–Crippen LogP) is 2.45. The van der Waals surface area contributed by atoms with Gasteiger partial charge in [0.1, 0.15) is 0 Å². The summed E-state index contributed by atoms with van der Waals surface area (Å²) in [6.45, 7) is 10.1. The quantitative estimate of drug-likeness (QED) is 0.692. The standard InChI is InChI=1S/C12H28N2S/c1-7-12(8-13-10(2)3)14(5)11(4)9-15-6/h10-13H,7-9H2,1-6H3. The van der Waals surface area contributed by atoms with Crippen molar-refractivity contribution in [1.29, 1.82) is 0 Å². The maximum absolute atomic E-state index is 3.53. The summed E-state index contributed by atoms with van der Waals surface area (Å²) in [5.74, 6) is 1.22. The van der Waals surface area contributed by atoms with Gasteiger partial charge in [-0.05, 0) is 26.6 Å². The Labute approximate surface area is 100 Å². The third-order valence-corrected chi connectivity index (χ3v) is 3.73. The molecule has 2 nitrogen and oxygen atoms in total. The Kier molecular flexibility index (Phi) is 8.58. The van der Waals surface area contributed by atoms with Crippen LogP contribution in [0.4, 0.5) is 0 Å². The zero-order chi connectivity index (χ0) is 11.8. The molecule has 0 heterocycles. The van der Waals surface area contributed by atoms with Crippen LogP contribution in [0.15, 0.2) is 0 Å². The van der Waals surface area contributed by atoms with E-state index in [9.17, 15) is 0 Å². The lowest BCUT2D eigenvalue weighted by Crippen LogP contribution is -2.46.